The first-order chi connectivity index (χ1) is 11.5. The van der Waals surface area contributed by atoms with Crippen LogP contribution in [0.4, 0.5) is 0 Å². The van der Waals surface area contributed by atoms with Gasteiger partial charge in [-0.1, -0.05) is 30.8 Å². The molecule has 3 aromatic carbocycles. The molecule has 0 aliphatic rings. The van der Waals surface area contributed by atoms with Gasteiger partial charge >= 0.3 is 0 Å². The summed E-state index contributed by atoms with van der Waals surface area (Å²) >= 11 is 0. The van der Waals surface area contributed by atoms with Gasteiger partial charge in [0, 0.05) is 5.56 Å². The van der Waals surface area contributed by atoms with Crippen LogP contribution in [0.1, 0.15) is 11.1 Å². The first-order valence-electron chi connectivity index (χ1n) is 7.26. The van der Waals surface area contributed by atoms with E-state index in [4.69, 9.17) is 0 Å². The minimum absolute atomic E-state index is 0.115. The molecular weight excluding hydrogens is 304 g/mol. The van der Waals surface area contributed by atoms with Crippen LogP contribution >= 0.6 is 0 Å². The van der Waals surface area contributed by atoms with E-state index in [9.17, 15) is 15.3 Å². The van der Waals surface area contributed by atoms with E-state index in [1.807, 2.05) is 30.3 Å². The van der Waals surface area contributed by atoms with Crippen LogP contribution in [0.3, 0.4) is 0 Å². The normalized spacial score (nSPS) is 11.0. The first kappa shape index (κ1) is 15.4. The monoisotopic (exact) mass is 320 g/mol. The Balaban J connectivity index is 1.78. The molecule has 0 unspecified atom stereocenters. The minimum atomic E-state index is -0.218. The number of benzene rings is 3. The number of fused-ring (bicyclic) bond motifs is 1. The van der Waals surface area contributed by atoms with Crippen molar-refractivity contribution in [3.63, 3.8) is 0 Å². The van der Waals surface area contributed by atoms with E-state index in [0.717, 1.165) is 10.8 Å². The zero-order valence-electron chi connectivity index (χ0n) is 12.8. The van der Waals surface area contributed by atoms with Gasteiger partial charge in [0.15, 0.2) is 11.5 Å². The summed E-state index contributed by atoms with van der Waals surface area (Å²) in [7, 11) is 0. The van der Waals surface area contributed by atoms with Crippen LogP contribution in [0.5, 0.6) is 17.2 Å². The summed E-state index contributed by atoms with van der Waals surface area (Å²) in [4.78, 5) is 0. The second-order valence-corrected chi connectivity index (χ2v) is 5.31. The van der Waals surface area contributed by atoms with Gasteiger partial charge in [-0.05, 0) is 46.7 Å². The lowest BCUT2D eigenvalue weighted by molar-refractivity contribution is 0.403. The summed E-state index contributed by atoms with van der Waals surface area (Å²) in [5.74, 6) is -0.292. The van der Waals surface area contributed by atoms with Gasteiger partial charge in [-0.25, -0.2) is 0 Å². The van der Waals surface area contributed by atoms with Gasteiger partial charge in [-0.15, -0.1) is 0 Å². The summed E-state index contributed by atoms with van der Waals surface area (Å²) < 4.78 is 0. The fourth-order valence-electron chi connectivity index (χ4n) is 2.34. The van der Waals surface area contributed by atoms with Crippen molar-refractivity contribution >= 4 is 22.7 Å². The van der Waals surface area contributed by atoms with Crippen molar-refractivity contribution in [2.75, 3.05) is 0 Å². The second kappa shape index (κ2) is 6.34. The van der Waals surface area contributed by atoms with Gasteiger partial charge in [-0.2, -0.15) is 5.10 Å². The van der Waals surface area contributed by atoms with Crippen LogP contribution in [-0.2, 0) is 0 Å². The van der Waals surface area contributed by atoms with Crippen LogP contribution in [-0.4, -0.2) is 21.5 Å². The molecule has 0 fully saturated rings. The summed E-state index contributed by atoms with van der Waals surface area (Å²) in [6.45, 7) is 3.88. The van der Waals surface area contributed by atoms with Crippen molar-refractivity contribution in [2.45, 2.75) is 0 Å². The Labute approximate surface area is 138 Å². The maximum absolute atomic E-state index is 10.1. The minimum Gasteiger partial charge on any atom is -0.507 e. The summed E-state index contributed by atoms with van der Waals surface area (Å²) in [5.41, 5.74) is 4.36. The molecule has 0 amide bonds. The van der Waals surface area contributed by atoms with E-state index in [2.05, 4.69) is 17.1 Å². The summed E-state index contributed by atoms with van der Waals surface area (Å²) in [6, 6.07) is 15.6. The molecule has 0 aromatic heterocycles. The van der Waals surface area contributed by atoms with Crippen LogP contribution in [0, 0.1) is 0 Å². The lowest BCUT2D eigenvalue weighted by Crippen LogP contribution is -2.04. The lowest BCUT2D eigenvalue weighted by Gasteiger charge is -2.09. The third-order valence-corrected chi connectivity index (χ3v) is 3.60. The van der Waals surface area contributed by atoms with E-state index in [-0.39, 0.29) is 17.2 Å². The molecule has 3 rings (SSSR count). The molecule has 5 heteroatoms. The Kier molecular flexibility index (Phi) is 4.07. The third kappa shape index (κ3) is 3.15. The van der Waals surface area contributed by atoms with Crippen molar-refractivity contribution in [2.24, 2.45) is 5.10 Å². The number of hydrogen-bond donors (Lipinski definition) is 4. The molecule has 0 radical (unpaired) electrons. The zero-order chi connectivity index (χ0) is 17.1. The number of nitrogens with one attached hydrogen (secondary N) is 1. The van der Waals surface area contributed by atoms with E-state index in [1.165, 1.54) is 18.3 Å². The standard InChI is InChI=1S/C19H16N2O3/c1-12(21-20-11-13-6-7-17(22)19(24)8-13)16-9-14-4-2-3-5-15(14)10-18(16)23/h2-11,21-24H,1H2/b20-11-. The highest BCUT2D eigenvalue weighted by molar-refractivity contribution is 5.88. The second-order valence-electron chi connectivity index (χ2n) is 5.31. The van der Waals surface area contributed by atoms with Gasteiger partial charge < -0.3 is 15.3 Å². The molecule has 3 aromatic rings. The van der Waals surface area contributed by atoms with Crippen molar-refractivity contribution in [1.82, 2.24) is 5.43 Å². The summed E-state index contributed by atoms with van der Waals surface area (Å²) in [5, 5.41) is 34.8. The van der Waals surface area contributed by atoms with E-state index < -0.39 is 0 Å². The summed E-state index contributed by atoms with van der Waals surface area (Å²) in [6.07, 6.45) is 1.47. The predicted molar refractivity (Wildman–Crippen MR) is 95.1 cm³/mol. The smallest absolute Gasteiger partial charge is 0.158 e. The van der Waals surface area contributed by atoms with Crippen LogP contribution in [0.2, 0.25) is 0 Å². The quantitative estimate of drug-likeness (QED) is 0.336. The number of rotatable bonds is 4. The fraction of sp³-hybridized carbons (Fsp3) is 0. The Bertz CT molecular complexity index is 948. The maximum atomic E-state index is 10.1. The van der Waals surface area contributed by atoms with Crippen LogP contribution < -0.4 is 5.43 Å². The van der Waals surface area contributed by atoms with Crippen LogP contribution in [0.15, 0.2) is 66.3 Å². The molecule has 0 heterocycles. The van der Waals surface area contributed by atoms with Crippen molar-refractivity contribution in [3.05, 3.63) is 72.3 Å². The highest BCUT2D eigenvalue weighted by Crippen LogP contribution is 2.28. The largest absolute Gasteiger partial charge is 0.507 e. The molecule has 4 N–H and O–H groups in total. The maximum Gasteiger partial charge on any atom is 0.158 e. The van der Waals surface area contributed by atoms with E-state index in [0.29, 0.717) is 16.8 Å². The molecule has 0 saturated heterocycles. The fourth-order valence-corrected chi connectivity index (χ4v) is 2.34. The third-order valence-electron chi connectivity index (χ3n) is 3.60. The SMILES string of the molecule is C=C(N/N=C\c1ccc(O)c(O)c1)c1cc2ccccc2cc1O. The molecule has 5 nitrogen and oxygen atoms in total. The number of nitrogens with zero attached hydrogens (tertiary/aromatic N) is 1. The molecule has 0 saturated carbocycles. The Morgan fingerprint density at radius 3 is 2.29 bits per heavy atom. The number of phenolic OH excluding ortho intramolecular Hbond substituents is 3. The molecule has 0 aliphatic carbocycles. The average Bonchev–Trinajstić information content (AvgIpc) is 2.57. The molecule has 24 heavy (non-hydrogen) atoms. The van der Waals surface area contributed by atoms with Crippen molar-refractivity contribution in [1.29, 1.82) is 0 Å². The topological polar surface area (TPSA) is 85.1 Å². The number of phenols is 3. The van der Waals surface area contributed by atoms with Gasteiger partial charge in [0.1, 0.15) is 5.75 Å². The number of hydrogen-bond acceptors (Lipinski definition) is 5. The highest BCUT2D eigenvalue weighted by Gasteiger charge is 2.07. The average molecular weight is 320 g/mol. The highest BCUT2D eigenvalue weighted by atomic mass is 16.3. The molecule has 0 aliphatic heterocycles. The Hall–Kier alpha value is -3.47. The Morgan fingerprint density at radius 1 is 0.875 bits per heavy atom. The molecule has 0 atom stereocenters. The first-order valence-corrected chi connectivity index (χ1v) is 7.26. The number of aromatic hydroxyl groups is 3. The Morgan fingerprint density at radius 2 is 1.58 bits per heavy atom. The van der Waals surface area contributed by atoms with Crippen molar-refractivity contribution < 1.29 is 15.3 Å². The van der Waals surface area contributed by atoms with Gasteiger partial charge in [0.2, 0.25) is 0 Å². The number of hydrazone groups is 1. The van der Waals surface area contributed by atoms with Crippen LogP contribution in [0.25, 0.3) is 16.5 Å². The predicted octanol–water partition coefficient (Wildman–Crippen LogP) is 3.55. The van der Waals surface area contributed by atoms with Gasteiger partial charge in [-0.3, -0.25) is 5.43 Å². The molecule has 0 bridgehead atoms. The molecule has 0 spiro atoms. The molecule has 120 valence electrons. The lowest BCUT2D eigenvalue weighted by atomic mass is 10.0. The van der Waals surface area contributed by atoms with Gasteiger partial charge in [0.05, 0.1) is 11.9 Å². The van der Waals surface area contributed by atoms with E-state index >= 15 is 0 Å². The zero-order valence-corrected chi connectivity index (χ0v) is 12.8. The van der Waals surface area contributed by atoms with Crippen molar-refractivity contribution in [3.8, 4) is 17.2 Å². The molecular formula is C19H16N2O3. The van der Waals surface area contributed by atoms with Gasteiger partial charge in [0.25, 0.3) is 0 Å². The van der Waals surface area contributed by atoms with E-state index in [1.54, 1.807) is 12.1 Å².